The summed E-state index contributed by atoms with van der Waals surface area (Å²) < 4.78 is 52.9. The van der Waals surface area contributed by atoms with E-state index in [0.29, 0.717) is 21.9 Å². The third kappa shape index (κ3) is 4.84. The van der Waals surface area contributed by atoms with Gasteiger partial charge in [0.05, 0.1) is 19.4 Å². The van der Waals surface area contributed by atoms with E-state index in [1.54, 1.807) is 24.3 Å². The van der Waals surface area contributed by atoms with E-state index in [9.17, 15) is 18.0 Å². The number of rotatable bonds is 5. The van der Waals surface area contributed by atoms with Gasteiger partial charge in [0.1, 0.15) is 5.75 Å². The molecule has 0 bridgehead atoms. The number of hydrogen-bond donors (Lipinski definition) is 0. The third-order valence-corrected chi connectivity index (χ3v) is 6.97. The molecule has 0 amide bonds. The Balaban J connectivity index is 1.40. The predicted octanol–water partition coefficient (Wildman–Crippen LogP) is 4.85. The molecule has 35 heavy (non-hydrogen) atoms. The Kier molecular flexibility index (Phi) is 6.39. The van der Waals surface area contributed by atoms with Crippen molar-refractivity contribution in [2.75, 3.05) is 26.8 Å². The van der Waals surface area contributed by atoms with Crippen molar-refractivity contribution < 1.29 is 27.4 Å². The summed E-state index contributed by atoms with van der Waals surface area (Å²) in [5, 5.41) is 3.92. The molecule has 0 radical (unpaired) electrons. The highest BCUT2D eigenvalue weighted by Crippen LogP contribution is 2.33. The summed E-state index contributed by atoms with van der Waals surface area (Å²) in [5.41, 5.74) is -0.678. The van der Waals surface area contributed by atoms with Crippen LogP contribution in [0, 0.1) is 5.92 Å². The molecule has 10 heteroatoms. The topological polar surface area (TPSA) is 69.0 Å². The van der Waals surface area contributed by atoms with Gasteiger partial charge in [-0.05, 0) is 69.1 Å². The summed E-state index contributed by atoms with van der Waals surface area (Å²) in [6.45, 7) is 2.39. The van der Waals surface area contributed by atoms with Gasteiger partial charge < -0.3 is 9.47 Å². The van der Waals surface area contributed by atoms with Gasteiger partial charge in [-0.25, -0.2) is 14.3 Å². The highest BCUT2D eigenvalue weighted by Gasteiger charge is 2.36. The smallest absolute Gasteiger partial charge is 0.433 e. The zero-order valence-electron chi connectivity index (χ0n) is 19.4. The van der Waals surface area contributed by atoms with Crippen LogP contribution in [0.4, 0.5) is 13.2 Å². The van der Waals surface area contributed by atoms with Crippen molar-refractivity contribution in [3.8, 4) is 17.0 Å². The number of piperidine rings is 2. The van der Waals surface area contributed by atoms with Crippen LogP contribution in [0.25, 0.3) is 16.9 Å². The van der Waals surface area contributed by atoms with Crippen molar-refractivity contribution in [2.24, 2.45) is 5.92 Å². The monoisotopic (exact) mass is 488 g/mol. The largest absolute Gasteiger partial charge is 0.497 e. The molecular formula is C25H27F3N4O3. The number of carbonyl (C=O) groups is 1. The van der Waals surface area contributed by atoms with Crippen LogP contribution in [0.1, 0.15) is 48.3 Å². The number of halogens is 3. The van der Waals surface area contributed by atoms with Gasteiger partial charge in [-0.15, -0.1) is 0 Å². The van der Waals surface area contributed by atoms with E-state index < -0.39 is 17.8 Å². The molecule has 2 aliphatic rings. The normalized spacial score (nSPS) is 21.0. The van der Waals surface area contributed by atoms with Crippen molar-refractivity contribution in [3.63, 3.8) is 0 Å². The van der Waals surface area contributed by atoms with E-state index in [4.69, 9.17) is 9.47 Å². The van der Waals surface area contributed by atoms with Crippen molar-refractivity contribution in [1.82, 2.24) is 19.5 Å². The first kappa shape index (κ1) is 23.6. The molecule has 2 fully saturated rings. The van der Waals surface area contributed by atoms with E-state index in [-0.39, 0.29) is 29.6 Å². The molecule has 186 valence electrons. The first-order chi connectivity index (χ1) is 16.8. The van der Waals surface area contributed by atoms with Crippen molar-refractivity contribution in [1.29, 1.82) is 0 Å². The SMILES string of the molecule is COc1ccc(-c2cc(C(F)(F)F)n3nc(C(=O)OC[C@@H]4CCCN5CCCC[C@H]45)cc3n2)cc1. The highest BCUT2D eigenvalue weighted by atomic mass is 19.4. The van der Waals surface area contributed by atoms with Crippen LogP contribution in [-0.4, -0.2) is 58.3 Å². The summed E-state index contributed by atoms with van der Waals surface area (Å²) >= 11 is 0. The number of esters is 1. The number of hydrogen-bond acceptors (Lipinski definition) is 6. The van der Waals surface area contributed by atoms with Gasteiger partial charge >= 0.3 is 12.1 Å². The van der Waals surface area contributed by atoms with E-state index in [0.717, 1.165) is 38.4 Å². The molecule has 0 unspecified atom stereocenters. The maximum atomic E-state index is 13.9. The van der Waals surface area contributed by atoms with E-state index in [2.05, 4.69) is 15.0 Å². The van der Waals surface area contributed by atoms with E-state index in [1.165, 1.54) is 26.0 Å². The van der Waals surface area contributed by atoms with E-state index in [1.807, 2.05) is 0 Å². The Morgan fingerprint density at radius 3 is 2.60 bits per heavy atom. The van der Waals surface area contributed by atoms with Gasteiger partial charge in [-0.3, -0.25) is 4.90 Å². The molecule has 0 spiro atoms. The van der Waals surface area contributed by atoms with Gasteiger partial charge in [0.25, 0.3) is 0 Å². The number of nitrogens with zero attached hydrogens (tertiary/aromatic N) is 4. The molecule has 3 aromatic rings. The lowest BCUT2D eigenvalue weighted by Gasteiger charge is -2.44. The van der Waals surface area contributed by atoms with E-state index >= 15 is 0 Å². The fraction of sp³-hybridized carbons (Fsp3) is 0.480. The number of fused-ring (bicyclic) bond motifs is 2. The average molecular weight is 489 g/mol. The summed E-state index contributed by atoms with van der Waals surface area (Å²) in [4.78, 5) is 19.6. The quantitative estimate of drug-likeness (QED) is 0.479. The zero-order chi connectivity index (χ0) is 24.6. The number of alkyl halides is 3. The third-order valence-electron chi connectivity index (χ3n) is 6.97. The molecule has 0 N–H and O–H groups in total. The lowest BCUT2D eigenvalue weighted by Crippen LogP contribution is -2.49. The fourth-order valence-corrected chi connectivity index (χ4v) is 5.21. The second kappa shape index (κ2) is 9.49. The Hall–Kier alpha value is -3.14. The molecule has 4 heterocycles. The van der Waals surface area contributed by atoms with Gasteiger partial charge in [0, 0.05) is 23.6 Å². The number of carbonyl (C=O) groups excluding carboxylic acids is 1. The van der Waals surface area contributed by atoms with Crippen LogP contribution >= 0.6 is 0 Å². The Labute approximate surface area is 200 Å². The molecule has 0 aliphatic carbocycles. The molecule has 2 aliphatic heterocycles. The van der Waals surface area contributed by atoms with Crippen molar-refractivity contribution in [2.45, 2.75) is 44.3 Å². The van der Waals surface area contributed by atoms with Crippen molar-refractivity contribution in [3.05, 3.63) is 47.8 Å². The maximum Gasteiger partial charge on any atom is 0.433 e. The lowest BCUT2D eigenvalue weighted by atomic mass is 9.84. The summed E-state index contributed by atoms with van der Waals surface area (Å²) in [7, 11) is 1.51. The fourth-order valence-electron chi connectivity index (χ4n) is 5.21. The van der Waals surface area contributed by atoms with Gasteiger partial charge in [0.2, 0.25) is 0 Å². The molecule has 0 saturated carbocycles. The Morgan fingerprint density at radius 1 is 1.09 bits per heavy atom. The summed E-state index contributed by atoms with van der Waals surface area (Å²) in [6.07, 6.45) is 0.786. The van der Waals surface area contributed by atoms with Crippen LogP contribution in [0.3, 0.4) is 0 Å². The Morgan fingerprint density at radius 2 is 1.86 bits per heavy atom. The van der Waals surface area contributed by atoms with Crippen LogP contribution in [0.5, 0.6) is 5.75 Å². The molecule has 1 aromatic carbocycles. The maximum absolute atomic E-state index is 13.9. The highest BCUT2D eigenvalue weighted by molar-refractivity contribution is 5.88. The van der Waals surface area contributed by atoms with Gasteiger partial charge in [0.15, 0.2) is 17.0 Å². The molecule has 2 atom stereocenters. The van der Waals surface area contributed by atoms with Crippen LogP contribution in [0.2, 0.25) is 0 Å². The van der Waals surface area contributed by atoms with Gasteiger partial charge in [-0.1, -0.05) is 6.42 Å². The van der Waals surface area contributed by atoms with Gasteiger partial charge in [-0.2, -0.15) is 18.3 Å². The van der Waals surface area contributed by atoms with Crippen LogP contribution < -0.4 is 4.74 Å². The standard InChI is InChI=1S/C25H27F3N4O3/c1-34-18-9-7-16(8-10-18)19-13-22(25(26,27)28)32-23(29-19)14-20(30-32)24(33)35-15-17-5-4-12-31-11-3-2-6-21(17)31/h7-10,13-14,17,21H,2-6,11-12,15H2,1H3/t17-,21+/m0/s1. The lowest BCUT2D eigenvalue weighted by molar-refractivity contribution is -0.142. The average Bonchev–Trinajstić information content (AvgIpc) is 3.30. The molecule has 5 rings (SSSR count). The van der Waals surface area contributed by atoms with Crippen molar-refractivity contribution >= 4 is 11.6 Å². The minimum absolute atomic E-state index is 0.0753. The first-order valence-corrected chi connectivity index (χ1v) is 11.9. The minimum atomic E-state index is -4.69. The number of methoxy groups -OCH3 is 1. The molecular weight excluding hydrogens is 461 g/mol. The zero-order valence-corrected chi connectivity index (χ0v) is 19.4. The molecule has 2 aromatic heterocycles. The Bertz CT molecular complexity index is 1210. The second-order valence-electron chi connectivity index (χ2n) is 9.15. The number of aromatic nitrogens is 3. The minimum Gasteiger partial charge on any atom is -0.497 e. The molecule has 2 saturated heterocycles. The molecule has 7 nitrogen and oxygen atoms in total. The summed E-state index contributed by atoms with van der Waals surface area (Å²) in [6, 6.07) is 9.12. The van der Waals surface area contributed by atoms with Crippen LogP contribution in [-0.2, 0) is 10.9 Å². The number of benzene rings is 1. The second-order valence-corrected chi connectivity index (χ2v) is 9.15. The van der Waals surface area contributed by atoms with Crippen LogP contribution in [0.15, 0.2) is 36.4 Å². The summed E-state index contributed by atoms with van der Waals surface area (Å²) in [5.74, 6) is 0.0766. The number of ether oxygens (including phenoxy) is 2. The first-order valence-electron chi connectivity index (χ1n) is 11.9. The predicted molar refractivity (Wildman–Crippen MR) is 122 cm³/mol.